The van der Waals surface area contributed by atoms with Crippen molar-refractivity contribution in [3.8, 4) is 0 Å². The summed E-state index contributed by atoms with van der Waals surface area (Å²) >= 11 is 5.82. The van der Waals surface area contributed by atoms with Crippen molar-refractivity contribution in [2.45, 2.75) is 0 Å². The van der Waals surface area contributed by atoms with Gasteiger partial charge in [-0.15, -0.1) is 5.10 Å². The van der Waals surface area contributed by atoms with Gasteiger partial charge in [-0.1, -0.05) is 16.8 Å². The molecule has 3 aromatic rings. The molecule has 0 aliphatic heterocycles. The molecule has 0 aliphatic rings. The molecule has 120 valence electrons. The van der Waals surface area contributed by atoms with E-state index < -0.39 is 27.1 Å². The molecular formula is C13H6ClN5O5. The van der Waals surface area contributed by atoms with Gasteiger partial charge in [-0.25, -0.2) is 0 Å². The second-order valence-corrected chi connectivity index (χ2v) is 5.13. The van der Waals surface area contributed by atoms with Gasteiger partial charge in [0, 0.05) is 17.2 Å². The van der Waals surface area contributed by atoms with Crippen LogP contribution in [0.3, 0.4) is 0 Å². The Balaban J connectivity index is 2.15. The van der Waals surface area contributed by atoms with Crippen molar-refractivity contribution in [3.63, 3.8) is 0 Å². The number of benzene rings is 2. The zero-order valence-corrected chi connectivity index (χ0v) is 12.4. The molecule has 0 atom stereocenters. The molecule has 0 N–H and O–H groups in total. The number of hydrogen-bond donors (Lipinski definition) is 0. The van der Waals surface area contributed by atoms with Gasteiger partial charge in [-0.05, 0) is 18.2 Å². The lowest BCUT2D eigenvalue weighted by molar-refractivity contribution is -0.394. The van der Waals surface area contributed by atoms with E-state index >= 15 is 0 Å². The normalized spacial score (nSPS) is 10.7. The lowest BCUT2D eigenvalue weighted by Crippen LogP contribution is -2.14. The van der Waals surface area contributed by atoms with Crippen molar-refractivity contribution >= 4 is 39.9 Å². The van der Waals surface area contributed by atoms with E-state index in [1.165, 1.54) is 18.2 Å². The molecule has 0 saturated carbocycles. The van der Waals surface area contributed by atoms with Crippen LogP contribution in [0.25, 0.3) is 11.0 Å². The maximum Gasteiger partial charge on any atom is 0.280 e. The van der Waals surface area contributed by atoms with Crippen molar-refractivity contribution in [2.75, 3.05) is 0 Å². The molecule has 0 saturated heterocycles. The molecule has 0 bridgehead atoms. The highest BCUT2D eigenvalue weighted by atomic mass is 35.5. The second-order valence-electron chi connectivity index (χ2n) is 4.69. The first-order valence-corrected chi connectivity index (χ1v) is 6.74. The highest BCUT2D eigenvalue weighted by molar-refractivity contribution is 6.31. The molecule has 10 nitrogen and oxygen atoms in total. The molecule has 0 radical (unpaired) electrons. The third-order valence-electron chi connectivity index (χ3n) is 3.17. The molecule has 11 heteroatoms. The average Bonchev–Trinajstić information content (AvgIpc) is 2.96. The number of nitro groups is 2. The fourth-order valence-electron chi connectivity index (χ4n) is 2.10. The molecule has 0 aliphatic carbocycles. The van der Waals surface area contributed by atoms with Gasteiger partial charge in [0.15, 0.2) is 0 Å². The van der Waals surface area contributed by atoms with E-state index in [1.807, 2.05) is 0 Å². The minimum absolute atomic E-state index is 0.252. The van der Waals surface area contributed by atoms with E-state index in [9.17, 15) is 25.0 Å². The topological polar surface area (TPSA) is 134 Å². The van der Waals surface area contributed by atoms with Crippen LogP contribution in [0.4, 0.5) is 11.4 Å². The molecule has 0 amide bonds. The number of non-ortho nitro benzene ring substituents is 2. The Morgan fingerprint density at radius 1 is 1.04 bits per heavy atom. The lowest BCUT2D eigenvalue weighted by Gasteiger charge is -2.02. The monoisotopic (exact) mass is 347 g/mol. The van der Waals surface area contributed by atoms with E-state index in [1.54, 1.807) is 0 Å². The summed E-state index contributed by atoms with van der Waals surface area (Å²) in [4.78, 5) is 32.7. The third kappa shape index (κ3) is 2.65. The first-order chi connectivity index (χ1) is 11.4. The average molecular weight is 348 g/mol. The summed E-state index contributed by atoms with van der Waals surface area (Å²) in [6, 6.07) is 7.17. The van der Waals surface area contributed by atoms with Crippen molar-refractivity contribution in [1.82, 2.24) is 15.0 Å². The zero-order valence-electron chi connectivity index (χ0n) is 11.6. The molecular weight excluding hydrogens is 342 g/mol. The number of nitrogens with zero attached hydrogens (tertiary/aromatic N) is 5. The molecule has 1 heterocycles. The highest BCUT2D eigenvalue weighted by Gasteiger charge is 2.22. The van der Waals surface area contributed by atoms with E-state index in [2.05, 4.69) is 10.3 Å². The summed E-state index contributed by atoms with van der Waals surface area (Å²) in [6.45, 7) is 0. The minimum atomic E-state index is -0.816. The number of fused-ring (bicyclic) bond motifs is 1. The van der Waals surface area contributed by atoms with Crippen molar-refractivity contribution in [3.05, 3.63) is 67.2 Å². The summed E-state index contributed by atoms with van der Waals surface area (Å²) < 4.78 is 0.897. The van der Waals surface area contributed by atoms with Crippen LogP contribution in [-0.4, -0.2) is 30.7 Å². The van der Waals surface area contributed by atoms with Gasteiger partial charge in [0.05, 0.1) is 27.0 Å². The Bertz CT molecular complexity index is 983. The molecule has 0 unspecified atom stereocenters. The highest BCUT2D eigenvalue weighted by Crippen LogP contribution is 2.24. The summed E-state index contributed by atoms with van der Waals surface area (Å²) in [5.41, 5.74) is -0.730. The number of rotatable bonds is 3. The van der Waals surface area contributed by atoms with Crippen molar-refractivity contribution < 1.29 is 14.6 Å². The number of nitro benzene ring substituents is 2. The number of aromatic nitrogens is 3. The van der Waals surface area contributed by atoms with Crippen LogP contribution in [0.5, 0.6) is 0 Å². The second kappa shape index (κ2) is 5.66. The molecule has 1 aromatic heterocycles. The van der Waals surface area contributed by atoms with Crippen molar-refractivity contribution in [1.29, 1.82) is 0 Å². The van der Waals surface area contributed by atoms with Crippen LogP contribution in [0.15, 0.2) is 36.4 Å². The molecule has 0 spiro atoms. The largest absolute Gasteiger partial charge is 0.280 e. The first-order valence-electron chi connectivity index (χ1n) is 6.36. The Hall–Kier alpha value is -3.40. The molecule has 3 rings (SSSR count). The lowest BCUT2D eigenvalue weighted by atomic mass is 10.1. The van der Waals surface area contributed by atoms with E-state index in [0.29, 0.717) is 16.1 Å². The van der Waals surface area contributed by atoms with Crippen LogP contribution in [0, 0.1) is 20.2 Å². The Kier molecular flexibility index (Phi) is 3.66. The number of hydrogen-bond acceptors (Lipinski definition) is 7. The van der Waals surface area contributed by atoms with Crippen molar-refractivity contribution in [2.24, 2.45) is 0 Å². The van der Waals surface area contributed by atoms with Gasteiger partial charge in [-0.3, -0.25) is 25.0 Å². The van der Waals surface area contributed by atoms with Crippen LogP contribution < -0.4 is 0 Å². The summed E-state index contributed by atoms with van der Waals surface area (Å²) in [6.07, 6.45) is 0. The van der Waals surface area contributed by atoms with Gasteiger partial charge in [-0.2, -0.15) is 4.68 Å². The van der Waals surface area contributed by atoms with Gasteiger partial charge < -0.3 is 0 Å². The SMILES string of the molecule is O=C(c1cc([N+](=O)[O-])cc([N+](=O)[O-])c1)n1nnc2cc(Cl)ccc21. The van der Waals surface area contributed by atoms with Crippen LogP contribution >= 0.6 is 11.6 Å². The molecule has 24 heavy (non-hydrogen) atoms. The van der Waals surface area contributed by atoms with Crippen LogP contribution in [0.2, 0.25) is 5.02 Å². The van der Waals surface area contributed by atoms with Crippen LogP contribution in [0.1, 0.15) is 10.4 Å². The van der Waals surface area contributed by atoms with E-state index in [0.717, 1.165) is 22.9 Å². The fourth-order valence-corrected chi connectivity index (χ4v) is 2.26. The standard InChI is InChI=1S/C13H6ClN5O5/c14-8-1-2-12-11(5-8)15-16-17(12)13(20)7-3-9(18(21)22)6-10(4-7)19(23)24/h1-6H. The quantitative estimate of drug-likeness (QED) is 0.524. The molecule has 2 aromatic carbocycles. The number of carbonyl (C=O) groups excluding carboxylic acids is 1. The first kappa shape index (κ1) is 15.5. The summed E-state index contributed by atoms with van der Waals surface area (Å²) in [5, 5.41) is 29.7. The maximum atomic E-state index is 12.5. The number of carbonyl (C=O) groups is 1. The van der Waals surface area contributed by atoms with Crippen LogP contribution in [-0.2, 0) is 0 Å². The number of halogens is 1. The fraction of sp³-hybridized carbons (Fsp3) is 0. The summed E-state index contributed by atoms with van der Waals surface area (Å²) in [5.74, 6) is -0.786. The smallest absolute Gasteiger partial charge is 0.267 e. The Morgan fingerprint density at radius 3 is 2.25 bits per heavy atom. The molecule has 0 fully saturated rings. The van der Waals surface area contributed by atoms with Gasteiger partial charge in [0.1, 0.15) is 5.52 Å². The third-order valence-corrected chi connectivity index (χ3v) is 3.41. The zero-order chi connectivity index (χ0) is 17.4. The van der Waals surface area contributed by atoms with E-state index in [-0.39, 0.29) is 5.56 Å². The van der Waals surface area contributed by atoms with E-state index in [4.69, 9.17) is 11.6 Å². The Labute approximate surface area is 137 Å². The predicted octanol–water partition coefficient (Wildman–Crippen LogP) is 2.59. The van der Waals surface area contributed by atoms with Gasteiger partial charge in [0.25, 0.3) is 17.3 Å². The minimum Gasteiger partial charge on any atom is -0.267 e. The van der Waals surface area contributed by atoms with Gasteiger partial charge >= 0.3 is 0 Å². The Morgan fingerprint density at radius 2 is 1.67 bits per heavy atom. The predicted molar refractivity (Wildman–Crippen MR) is 82.0 cm³/mol. The summed E-state index contributed by atoms with van der Waals surface area (Å²) in [7, 11) is 0. The maximum absolute atomic E-state index is 12.5. The van der Waals surface area contributed by atoms with Gasteiger partial charge in [0.2, 0.25) is 0 Å².